The molecule has 1 atom stereocenters. The molecule has 22 heavy (non-hydrogen) atoms. The van der Waals surface area contributed by atoms with E-state index in [1.807, 2.05) is 18.4 Å². The van der Waals surface area contributed by atoms with Gasteiger partial charge in [0.05, 0.1) is 0 Å². The molecular formula is C16H18FNO2S2. The molecule has 0 fully saturated rings. The number of benzene rings is 1. The van der Waals surface area contributed by atoms with Gasteiger partial charge in [0.1, 0.15) is 11.9 Å². The van der Waals surface area contributed by atoms with Gasteiger partial charge < -0.3 is 5.11 Å². The number of rotatable bonds is 8. The van der Waals surface area contributed by atoms with E-state index in [2.05, 4.69) is 5.32 Å². The Kier molecular flexibility index (Phi) is 6.42. The number of carbonyl (C=O) groups is 1. The quantitative estimate of drug-likeness (QED) is 0.767. The SMILES string of the molecule is CSCCC(NCc1ccc(-c2ccc(F)cc2)s1)C(=O)O. The molecule has 118 valence electrons. The molecule has 1 aromatic carbocycles. The summed E-state index contributed by atoms with van der Waals surface area (Å²) in [7, 11) is 0. The summed E-state index contributed by atoms with van der Waals surface area (Å²) in [5.74, 6) is -0.250. The van der Waals surface area contributed by atoms with Gasteiger partial charge in [-0.15, -0.1) is 11.3 Å². The number of thioether (sulfide) groups is 1. The lowest BCUT2D eigenvalue weighted by Gasteiger charge is -2.12. The number of carboxylic acids is 1. The third-order valence-electron chi connectivity index (χ3n) is 3.22. The molecule has 3 nitrogen and oxygen atoms in total. The Labute approximate surface area is 137 Å². The van der Waals surface area contributed by atoms with Crippen LogP contribution < -0.4 is 5.32 Å². The van der Waals surface area contributed by atoms with Gasteiger partial charge in [0.15, 0.2) is 0 Å². The van der Waals surface area contributed by atoms with Gasteiger partial charge in [0.2, 0.25) is 0 Å². The van der Waals surface area contributed by atoms with Crippen molar-refractivity contribution < 1.29 is 14.3 Å². The van der Waals surface area contributed by atoms with Gasteiger partial charge in [0.25, 0.3) is 0 Å². The third-order valence-corrected chi connectivity index (χ3v) is 5.00. The Morgan fingerprint density at radius 2 is 2.05 bits per heavy atom. The number of halogens is 1. The van der Waals surface area contributed by atoms with Crippen molar-refractivity contribution in [1.29, 1.82) is 0 Å². The largest absolute Gasteiger partial charge is 0.480 e. The van der Waals surface area contributed by atoms with Crippen molar-refractivity contribution in [3.05, 3.63) is 47.1 Å². The van der Waals surface area contributed by atoms with E-state index in [0.29, 0.717) is 13.0 Å². The van der Waals surface area contributed by atoms with Gasteiger partial charge in [-0.3, -0.25) is 10.1 Å². The molecule has 0 aliphatic rings. The van der Waals surface area contributed by atoms with E-state index in [1.165, 1.54) is 12.1 Å². The number of aliphatic carboxylic acids is 1. The highest BCUT2D eigenvalue weighted by atomic mass is 32.2. The summed E-state index contributed by atoms with van der Waals surface area (Å²) in [6.45, 7) is 0.525. The Bertz CT molecular complexity index is 613. The molecule has 0 saturated heterocycles. The van der Waals surface area contributed by atoms with Crippen LogP contribution in [-0.2, 0) is 11.3 Å². The van der Waals surface area contributed by atoms with E-state index in [1.54, 1.807) is 35.2 Å². The summed E-state index contributed by atoms with van der Waals surface area (Å²) in [6, 6.07) is 9.81. The molecule has 2 rings (SSSR count). The van der Waals surface area contributed by atoms with Crippen molar-refractivity contribution in [2.24, 2.45) is 0 Å². The monoisotopic (exact) mass is 339 g/mol. The topological polar surface area (TPSA) is 49.3 Å². The highest BCUT2D eigenvalue weighted by Crippen LogP contribution is 2.28. The van der Waals surface area contributed by atoms with Gasteiger partial charge in [-0.2, -0.15) is 11.8 Å². The fraction of sp³-hybridized carbons (Fsp3) is 0.312. The molecule has 0 aliphatic heterocycles. The molecule has 1 heterocycles. The van der Waals surface area contributed by atoms with Crippen LogP contribution in [-0.4, -0.2) is 29.1 Å². The number of nitrogens with one attached hydrogen (secondary N) is 1. The molecule has 0 amide bonds. The first-order chi connectivity index (χ1) is 10.6. The molecular weight excluding hydrogens is 321 g/mol. The second-order valence-corrected chi connectivity index (χ2v) is 6.98. The first-order valence-corrected chi connectivity index (χ1v) is 9.11. The van der Waals surface area contributed by atoms with Crippen molar-refractivity contribution in [2.75, 3.05) is 12.0 Å². The Morgan fingerprint density at radius 1 is 1.32 bits per heavy atom. The smallest absolute Gasteiger partial charge is 0.320 e. The second kappa shape index (κ2) is 8.31. The summed E-state index contributed by atoms with van der Waals surface area (Å²) in [5.41, 5.74) is 0.967. The van der Waals surface area contributed by atoms with E-state index in [4.69, 9.17) is 0 Å². The normalized spacial score (nSPS) is 12.3. The molecule has 0 spiro atoms. The van der Waals surface area contributed by atoms with Gasteiger partial charge >= 0.3 is 5.97 Å². The van der Waals surface area contributed by atoms with Gasteiger partial charge in [0, 0.05) is 16.3 Å². The average molecular weight is 339 g/mol. The zero-order chi connectivity index (χ0) is 15.9. The first-order valence-electron chi connectivity index (χ1n) is 6.90. The maximum absolute atomic E-state index is 12.9. The maximum Gasteiger partial charge on any atom is 0.320 e. The highest BCUT2D eigenvalue weighted by molar-refractivity contribution is 7.98. The lowest BCUT2D eigenvalue weighted by atomic mass is 10.2. The molecule has 6 heteroatoms. The van der Waals surface area contributed by atoms with Crippen molar-refractivity contribution in [3.63, 3.8) is 0 Å². The van der Waals surface area contributed by atoms with Crippen LogP contribution in [0.4, 0.5) is 4.39 Å². The predicted octanol–water partition coefficient (Wildman–Crippen LogP) is 3.85. The van der Waals surface area contributed by atoms with Crippen molar-refractivity contribution in [2.45, 2.75) is 19.0 Å². The number of hydrogen-bond donors (Lipinski definition) is 2. The molecule has 2 N–H and O–H groups in total. The minimum absolute atomic E-state index is 0.250. The van der Waals surface area contributed by atoms with Gasteiger partial charge in [-0.1, -0.05) is 12.1 Å². The van der Waals surface area contributed by atoms with E-state index in [-0.39, 0.29) is 5.82 Å². The average Bonchev–Trinajstić information content (AvgIpc) is 2.96. The first kappa shape index (κ1) is 17.0. The van der Waals surface area contributed by atoms with Crippen LogP contribution in [0.25, 0.3) is 10.4 Å². The van der Waals surface area contributed by atoms with Gasteiger partial charge in [-0.25, -0.2) is 4.39 Å². The van der Waals surface area contributed by atoms with Crippen molar-refractivity contribution in [1.82, 2.24) is 5.32 Å². The van der Waals surface area contributed by atoms with Crippen LogP contribution in [0.15, 0.2) is 36.4 Å². The molecule has 2 aromatic rings. The Morgan fingerprint density at radius 3 is 2.68 bits per heavy atom. The number of carboxylic acid groups (broad SMARTS) is 1. The van der Waals surface area contributed by atoms with Crippen LogP contribution in [0, 0.1) is 5.82 Å². The number of thiophene rings is 1. The zero-order valence-electron chi connectivity index (χ0n) is 12.2. The summed E-state index contributed by atoms with van der Waals surface area (Å²) in [4.78, 5) is 13.3. The fourth-order valence-electron chi connectivity index (χ4n) is 2.01. The van der Waals surface area contributed by atoms with Crippen LogP contribution in [0.3, 0.4) is 0 Å². The van der Waals surface area contributed by atoms with Crippen LogP contribution in [0.2, 0.25) is 0 Å². The van der Waals surface area contributed by atoms with E-state index in [0.717, 1.165) is 21.1 Å². The van der Waals surface area contributed by atoms with E-state index >= 15 is 0 Å². The molecule has 1 aromatic heterocycles. The summed E-state index contributed by atoms with van der Waals surface area (Å²) in [6.07, 6.45) is 2.57. The Balaban J connectivity index is 1.96. The second-order valence-electron chi connectivity index (χ2n) is 4.83. The summed E-state index contributed by atoms with van der Waals surface area (Å²) < 4.78 is 12.9. The fourth-order valence-corrected chi connectivity index (χ4v) is 3.45. The molecule has 0 radical (unpaired) electrons. The molecule has 0 aliphatic carbocycles. The van der Waals surface area contributed by atoms with Crippen LogP contribution in [0.1, 0.15) is 11.3 Å². The summed E-state index contributed by atoms with van der Waals surface area (Å²) >= 11 is 3.23. The molecule has 0 bridgehead atoms. The van der Waals surface area contributed by atoms with E-state index in [9.17, 15) is 14.3 Å². The van der Waals surface area contributed by atoms with E-state index < -0.39 is 12.0 Å². The standard InChI is InChI=1S/C16H18FNO2S2/c1-21-9-8-14(16(19)20)18-10-13-6-7-15(22-13)11-2-4-12(17)5-3-11/h2-7,14,18H,8-10H2,1H3,(H,19,20). The minimum Gasteiger partial charge on any atom is -0.480 e. The zero-order valence-corrected chi connectivity index (χ0v) is 13.8. The third kappa shape index (κ3) is 4.83. The Hall–Kier alpha value is -1.37. The molecule has 1 unspecified atom stereocenters. The summed E-state index contributed by atoms with van der Waals surface area (Å²) in [5, 5.41) is 12.3. The van der Waals surface area contributed by atoms with Crippen molar-refractivity contribution in [3.8, 4) is 10.4 Å². The highest BCUT2D eigenvalue weighted by Gasteiger charge is 2.16. The van der Waals surface area contributed by atoms with Crippen molar-refractivity contribution >= 4 is 29.1 Å². The maximum atomic E-state index is 12.9. The molecule has 0 saturated carbocycles. The lowest BCUT2D eigenvalue weighted by molar-refractivity contribution is -0.139. The number of hydrogen-bond acceptors (Lipinski definition) is 4. The van der Waals surface area contributed by atoms with Crippen LogP contribution in [0.5, 0.6) is 0 Å². The van der Waals surface area contributed by atoms with Crippen LogP contribution >= 0.6 is 23.1 Å². The lowest BCUT2D eigenvalue weighted by Crippen LogP contribution is -2.36. The predicted molar refractivity (Wildman–Crippen MR) is 91.0 cm³/mol. The van der Waals surface area contributed by atoms with Gasteiger partial charge in [-0.05, 0) is 48.3 Å². The minimum atomic E-state index is -0.815.